The third-order valence-electron chi connectivity index (χ3n) is 6.05. The molecule has 1 N–H and O–H groups in total. The predicted molar refractivity (Wildman–Crippen MR) is 138 cm³/mol. The van der Waals surface area contributed by atoms with Crippen LogP contribution in [0.2, 0.25) is 0 Å². The standard InChI is InChI=1S/C27H31N3O4S/c1-2-22-8-14-25(15-9-22)30(35(32,33)26-6-4-3-5-7-26)21-27(31)28-20-23-10-12-24(13-11-23)29-16-18-34-19-17-29/h3-15H,2,16-21H2,1H3,(H,28,31). The second kappa shape index (κ2) is 11.4. The first-order valence-electron chi connectivity index (χ1n) is 11.8. The number of ether oxygens (including phenoxy) is 1. The summed E-state index contributed by atoms with van der Waals surface area (Å²) in [7, 11) is -3.91. The molecule has 1 aliphatic heterocycles. The summed E-state index contributed by atoms with van der Waals surface area (Å²) in [6, 6.07) is 23.5. The largest absolute Gasteiger partial charge is 0.378 e. The van der Waals surface area contributed by atoms with E-state index in [0.29, 0.717) is 12.2 Å². The fourth-order valence-electron chi connectivity index (χ4n) is 3.97. The Hall–Kier alpha value is -3.36. The van der Waals surface area contributed by atoms with Gasteiger partial charge in [-0.3, -0.25) is 9.10 Å². The third-order valence-corrected chi connectivity index (χ3v) is 7.84. The van der Waals surface area contributed by atoms with Crippen LogP contribution in [0.3, 0.4) is 0 Å². The van der Waals surface area contributed by atoms with Crippen LogP contribution in [0.5, 0.6) is 0 Å². The number of carbonyl (C=O) groups excluding carboxylic acids is 1. The summed E-state index contributed by atoms with van der Waals surface area (Å²) in [4.78, 5) is 15.3. The van der Waals surface area contributed by atoms with E-state index < -0.39 is 10.0 Å². The summed E-state index contributed by atoms with van der Waals surface area (Å²) in [6.45, 7) is 5.21. The average molecular weight is 494 g/mol. The van der Waals surface area contributed by atoms with Crippen LogP contribution >= 0.6 is 0 Å². The van der Waals surface area contributed by atoms with Crippen molar-refractivity contribution >= 4 is 27.3 Å². The van der Waals surface area contributed by atoms with Crippen LogP contribution in [0.1, 0.15) is 18.1 Å². The second-order valence-corrected chi connectivity index (χ2v) is 10.2. The van der Waals surface area contributed by atoms with Crippen molar-refractivity contribution in [1.29, 1.82) is 0 Å². The number of nitrogens with zero attached hydrogens (tertiary/aromatic N) is 2. The normalized spacial score (nSPS) is 13.9. The monoisotopic (exact) mass is 493 g/mol. The number of aryl methyl sites for hydroxylation is 1. The Bertz CT molecular complexity index is 1210. The first-order chi connectivity index (χ1) is 17.0. The summed E-state index contributed by atoms with van der Waals surface area (Å²) in [5, 5.41) is 2.87. The topological polar surface area (TPSA) is 79.0 Å². The van der Waals surface area contributed by atoms with E-state index in [0.717, 1.165) is 49.5 Å². The highest BCUT2D eigenvalue weighted by molar-refractivity contribution is 7.92. The summed E-state index contributed by atoms with van der Waals surface area (Å²) in [6.07, 6.45) is 0.844. The number of rotatable bonds is 9. The van der Waals surface area contributed by atoms with Crippen molar-refractivity contribution in [1.82, 2.24) is 5.32 Å². The lowest BCUT2D eigenvalue weighted by atomic mass is 10.1. The van der Waals surface area contributed by atoms with Gasteiger partial charge in [-0.1, -0.05) is 49.4 Å². The van der Waals surface area contributed by atoms with Gasteiger partial charge in [0.1, 0.15) is 6.54 Å². The zero-order valence-corrected chi connectivity index (χ0v) is 20.7. The molecular formula is C27H31N3O4S. The van der Waals surface area contributed by atoms with Gasteiger partial charge in [0.15, 0.2) is 0 Å². The van der Waals surface area contributed by atoms with Crippen LogP contribution in [0.4, 0.5) is 11.4 Å². The van der Waals surface area contributed by atoms with Crippen molar-refractivity contribution in [3.8, 4) is 0 Å². The molecule has 0 radical (unpaired) electrons. The molecule has 0 atom stereocenters. The molecule has 1 aliphatic rings. The van der Waals surface area contributed by atoms with Crippen LogP contribution in [-0.2, 0) is 32.5 Å². The molecule has 0 saturated carbocycles. The molecule has 0 bridgehead atoms. The highest BCUT2D eigenvalue weighted by Gasteiger charge is 2.27. The molecule has 3 aromatic carbocycles. The van der Waals surface area contributed by atoms with Crippen molar-refractivity contribution in [3.63, 3.8) is 0 Å². The number of benzene rings is 3. The maximum atomic E-state index is 13.4. The number of sulfonamides is 1. The molecule has 0 aromatic heterocycles. The molecule has 8 heteroatoms. The van der Waals surface area contributed by atoms with Gasteiger partial charge in [0.25, 0.3) is 10.0 Å². The van der Waals surface area contributed by atoms with Crippen molar-refractivity contribution in [3.05, 3.63) is 90.0 Å². The van der Waals surface area contributed by atoms with Gasteiger partial charge < -0.3 is 15.0 Å². The molecule has 1 saturated heterocycles. The fourth-order valence-corrected chi connectivity index (χ4v) is 5.41. The van der Waals surface area contributed by atoms with Crippen LogP contribution < -0.4 is 14.5 Å². The Morgan fingerprint density at radius 1 is 0.914 bits per heavy atom. The Kier molecular flexibility index (Phi) is 8.05. The van der Waals surface area contributed by atoms with E-state index in [1.165, 1.54) is 16.4 Å². The van der Waals surface area contributed by atoms with Crippen LogP contribution in [0, 0.1) is 0 Å². The molecule has 3 aromatic rings. The lowest BCUT2D eigenvalue weighted by Crippen LogP contribution is -2.40. The van der Waals surface area contributed by atoms with E-state index in [9.17, 15) is 13.2 Å². The molecule has 1 heterocycles. The molecule has 1 amide bonds. The molecule has 0 aliphatic carbocycles. The molecule has 1 fully saturated rings. The maximum absolute atomic E-state index is 13.4. The fraction of sp³-hybridized carbons (Fsp3) is 0.296. The molecule has 7 nitrogen and oxygen atoms in total. The Morgan fingerprint density at radius 2 is 1.54 bits per heavy atom. The maximum Gasteiger partial charge on any atom is 0.264 e. The summed E-state index contributed by atoms with van der Waals surface area (Å²) < 4.78 is 33.4. The van der Waals surface area contributed by atoms with Gasteiger partial charge in [0.05, 0.1) is 23.8 Å². The molecule has 0 unspecified atom stereocenters. The van der Waals surface area contributed by atoms with Crippen LogP contribution in [0.15, 0.2) is 83.8 Å². The number of carbonyl (C=O) groups is 1. The van der Waals surface area contributed by atoms with Gasteiger partial charge in [-0.2, -0.15) is 0 Å². The van der Waals surface area contributed by atoms with Crippen molar-refractivity contribution in [2.45, 2.75) is 24.8 Å². The number of hydrogen-bond acceptors (Lipinski definition) is 5. The zero-order valence-electron chi connectivity index (χ0n) is 19.9. The minimum Gasteiger partial charge on any atom is -0.378 e. The van der Waals surface area contributed by atoms with Crippen LogP contribution in [0.25, 0.3) is 0 Å². The third kappa shape index (κ3) is 6.21. The zero-order chi connectivity index (χ0) is 24.7. The number of nitrogens with one attached hydrogen (secondary N) is 1. The van der Waals surface area contributed by atoms with Gasteiger partial charge in [-0.25, -0.2) is 8.42 Å². The number of morpholine rings is 1. The quantitative estimate of drug-likeness (QED) is 0.493. The van der Waals surface area contributed by atoms with Gasteiger partial charge in [-0.15, -0.1) is 0 Å². The van der Waals surface area contributed by atoms with Crippen molar-refractivity contribution in [2.24, 2.45) is 0 Å². The smallest absolute Gasteiger partial charge is 0.264 e. The predicted octanol–water partition coefficient (Wildman–Crippen LogP) is 3.60. The van der Waals surface area contributed by atoms with E-state index in [2.05, 4.69) is 10.2 Å². The highest BCUT2D eigenvalue weighted by atomic mass is 32.2. The number of anilines is 2. The molecule has 4 rings (SSSR count). The van der Waals surface area contributed by atoms with E-state index in [1.54, 1.807) is 30.3 Å². The van der Waals surface area contributed by atoms with Crippen LogP contribution in [-0.4, -0.2) is 47.2 Å². The minimum absolute atomic E-state index is 0.145. The molecule has 35 heavy (non-hydrogen) atoms. The van der Waals surface area contributed by atoms with Crippen molar-refractivity contribution in [2.75, 3.05) is 42.1 Å². The van der Waals surface area contributed by atoms with E-state index in [4.69, 9.17) is 4.74 Å². The lowest BCUT2D eigenvalue weighted by molar-refractivity contribution is -0.119. The second-order valence-electron chi connectivity index (χ2n) is 8.39. The van der Waals surface area contributed by atoms with Gasteiger partial charge in [-0.05, 0) is 53.9 Å². The lowest BCUT2D eigenvalue weighted by Gasteiger charge is -2.29. The minimum atomic E-state index is -3.91. The van der Waals surface area contributed by atoms with Crippen molar-refractivity contribution < 1.29 is 17.9 Å². The SMILES string of the molecule is CCc1ccc(N(CC(=O)NCc2ccc(N3CCOCC3)cc2)S(=O)(=O)c2ccccc2)cc1. The van der Waals surface area contributed by atoms with Gasteiger partial charge >= 0.3 is 0 Å². The van der Waals surface area contributed by atoms with E-state index >= 15 is 0 Å². The molecule has 184 valence electrons. The number of amides is 1. The molecule has 0 spiro atoms. The summed E-state index contributed by atoms with van der Waals surface area (Å²) >= 11 is 0. The first-order valence-corrected chi connectivity index (χ1v) is 13.3. The first kappa shape index (κ1) is 24.8. The van der Waals surface area contributed by atoms with E-state index in [-0.39, 0.29) is 17.3 Å². The van der Waals surface area contributed by atoms with Gasteiger partial charge in [0, 0.05) is 25.3 Å². The highest BCUT2D eigenvalue weighted by Crippen LogP contribution is 2.24. The summed E-state index contributed by atoms with van der Waals surface area (Å²) in [5.74, 6) is -0.374. The Balaban J connectivity index is 1.46. The number of hydrogen-bond donors (Lipinski definition) is 1. The summed E-state index contributed by atoms with van der Waals surface area (Å²) in [5.41, 5.74) is 3.62. The van der Waals surface area contributed by atoms with Gasteiger partial charge in [0.2, 0.25) is 5.91 Å². The Morgan fingerprint density at radius 3 is 2.17 bits per heavy atom. The van der Waals surface area contributed by atoms with E-state index in [1.807, 2.05) is 43.3 Å². The Labute approximate surface area is 207 Å². The molecular weight excluding hydrogens is 462 g/mol. The average Bonchev–Trinajstić information content (AvgIpc) is 2.92.